The summed E-state index contributed by atoms with van der Waals surface area (Å²) in [7, 11) is 0. The van der Waals surface area contributed by atoms with E-state index in [1.165, 1.54) is 6.07 Å². The second-order valence-electron chi connectivity index (χ2n) is 4.03. The van der Waals surface area contributed by atoms with Crippen LogP contribution < -0.4 is 4.74 Å². The lowest BCUT2D eigenvalue weighted by atomic mass is 10.1. The summed E-state index contributed by atoms with van der Waals surface area (Å²) >= 11 is 0. The Morgan fingerprint density at radius 2 is 2.00 bits per heavy atom. The van der Waals surface area contributed by atoms with Gasteiger partial charge in [-0.15, -0.1) is 0 Å². The van der Waals surface area contributed by atoms with Gasteiger partial charge in [-0.2, -0.15) is 0 Å². The van der Waals surface area contributed by atoms with Crippen molar-refractivity contribution in [1.82, 2.24) is 0 Å². The fourth-order valence-corrected chi connectivity index (χ4v) is 1.05. The van der Waals surface area contributed by atoms with Crippen LogP contribution in [0.1, 0.15) is 31.1 Å². The molecule has 1 aromatic rings. The van der Waals surface area contributed by atoms with Crippen molar-refractivity contribution in [2.75, 3.05) is 0 Å². The van der Waals surface area contributed by atoms with Gasteiger partial charge in [-0.05, 0) is 32.9 Å². The van der Waals surface area contributed by atoms with Crippen LogP contribution in [-0.4, -0.2) is 17.0 Å². The van der Waals surface area contributed by atoms with Gasteiger partial charge >= 0.3 is 0 Å². The summed E-state index contributed by atoms with van der Waals surface area (Å²) in [6, 6.07) is 4.70. The molecule has 0 amide bonds. The average Bonchev–Trinajstić information content (AvgIpc) is 2.06. The number of carbonyl (C=O) groups is 1. The number of carbonyl (C=O) groups excluding carboxylic acids is 1. The molecule has 0 fully saturated rings. The van der Waals surface area contributed by atoms with Crippen LogP contribution in [0.15, 0.2) is 18.2 Å². The fraction of sp³-hybridized carbons (Fsp3) is 0.364. The predicted molar refractivity (Wildman–Crippen MR) is 53.9 cm³/mol. The summed E-state index contributed by atoms with van der Waals surface area (Å²) in [6.07, 6.45) is 0.667. The van der Waals surface area contributed by atoms with Gasteiger partial charge in [0.25, 0.3) is 0 Å². The van der Waals surface area contributed by atoms with E-state index in [1.54, 1.807) is 12.1 Å². The average molecular weight is 194 g/mol. The maximum Gasteiger partial charge on any atom is 0.172 e. The van der Waals surface area contributed by atoms with Gasteiger partial charge in [-0.3, -0.25) is 4.79 Å². The number of aromatic hydroxyl groups is 1. The Hall–Kier alpha value is -1.51. The van der Waals surface area contributed by atoms with Crippen LogP contribution in [0.25, 0.3) is 0 Å². The van der Waals surface area contributed by atoms with Crippen molar-refractivity contribution >= 4 is 6.29 Å². The van der Waals surface area contributed by atoms with Crippen molar-refractivity contribution in [2.45, 2.75) is 26.4 Å². The lowest BCUT2D eigenvalue weighted by Gasteiger charge is -2.22. The van der Waals surface area contributed by atoms with Gasteiger partial charge in [0.15, 0.2) is 17.8 Å². The molecule has 76 valence electrons. The number of para-hydroxylation sites is 1. The SMILES string of the molecule is CC(C)(C)Oc1c(O)cccc1C=O. The zero-order chi connectivity index (χ0) is 10.8. The molecule has 0 spiro atoms. The Labute approximate surface area is 83.3 Å². The molecule has 14 heavy (non-hydrogen) atoms. The first-order valence-corrected chi connectivity index (χ1v) is 4.40. The second kappa shape index (κ2) is 3.70. The van der Waals surface area contributed by atoms with Crippen molar-refractivity contribution < 1.29 is 14.6 Å². The molecule has 0 atom stereocenters. The Morgan fingerprint density at radius 1 is 1.36 bits per heavy atom. The second-order valence-corrected chi connectivity index (χ2v) is 4.03. The molecule has 0 aliphatic heterocycles. The third kappa shape index (κ3) is 2.49. The highest BCUT2D eigenvalue weighted by molar-refractivity contribution is 5.81. The summed E-state index contributed by atoms with van der Waals surface area (Å²) in [5.41, 5.74) is -0.0729. The molecule has 0 saturated carbocycles. The first-order valence-electron chi connectivity index (χ1n) is 4.40. The quantitative estimate of drug-likeness (QED) is 0.735. The molecule has 1 N–H and O–H groups in total. The van der Waals surface area contributed by atoms with Gasteiger partial charge < -0.3 is 9.84 Å². The van der Waals surface area contributed by atoms with Crippen LogP contribution in [-0.2, 0) is 0 Å². The molecule has 0 aliphatic rings. The van der Waals surface area contributed by atoms with Crippen LogP contribution in [0.4, 0.5) is 0 Å². The maximum atomic E-state index is 10.7. The van der Waals surface area contributed by atoms with E-state index in [0.717, 1.165) is 0 Å². The van der Waals surface area contributed by atoms with Crippen molar-refractivity contribution in [2.24, 2.45) is 0 Å². The Bertz CT molecular complexity index is 337. The Kier molecular flexibility index (Phi) is 2.79. The molecule has 1 rings (SSSR count). The summed E-state index contributed by atoms with van der Waals surface area (Å²) < 4.78 is 5.47. The number of benzene rings is 1. The first kappa shape index (κ1) is 10.6. The van der Waals surface area contributed by atoms with Crippen molar-refractivity contribution in [3.8, 4) is 11.5 Å². The number of aldehydes is 1. The van der Waals surface area contributed by atoms with E-state index in [1.807, 2.05) is 20.8 Å². The summed E-state index contributed by atoms with van der Waals surface area (Å²) in [6.45, 7) is 5.57. The zero-order valence-corrected chi connectivity index (χ0v) is 8.57. The first-order chi connectivity index (χ1) is 6.44. The minimum absolute atomic E-state index is 0.00970. The maximum absolute atomic E-state index is 10.7. The van der Waals surface area contributed by atoms with Crippen molar-refractivity contribution in [3.05, 3.63) is 23.8 Å². The number of hydrogen-bond donors (Lipinski definition) is 1. The standard InChI is InChI=1S/C11H14O3/c1-11(2,3)14-10-8(7-12)5-4-6-9(10)13/h4-7,13H,1-3H3. The highest BCUT2D eigenvalue weighted by Crippen LogP contribution is 2.31. The van der Waals surface area contributed by atoms with E-state index in [9.17, 15) is 9.90 Å². The molecule has 0 saturated heterocycles. The van der Waals surface area contributed by atoms with Crippen molar-refractivity contribution in [1.29, 1.82) is 0 Å². The lowest BCUT2D eigenvalue weighted by molar-refractivity contribution is 0.108. The zero-order valence-electron chi connectivity index (χ0n) is 8.57. The third-order valence-electron chi connectivity index (χ3n) is 1.56. The van der Waals surface area contributed by atoms with E-state index in [4.69, 9.17) is 4.74 Å². The predicted octanol–water partition coefficient (Wildman–Crippen LogP) is 2.38. The van der Waals surface area contributed by atoms with Gasteiger partial charge in [-0.1, -0.05) is 6.07 Å². The molecule has 0 aliphatic carbocycles. The van der Waals surface area contributed by atoms with E-state index < -0.39 is 5.60 Å². The molecule has 0 radical (unpaired) electrons. The fourth-order valence-electron chi connectivity index (χ4n) is 1.05. The Morgan fingerprint density at radius 3 is 2.50 bits per heavy atom. The monoisotopic (exact) mass is 194 g/mol. The molecule has 0 heterocycles. The van der Waals surface area contributed by atoms with Crippen LogP contribution in [0.5, 0.6) is 11.5 Å². The largest absolute Gasteiger partial charge is 0.504 e. The van der Waals surface area contributed by atoms with Gasteiger partial charge in [0.2, 0.25) is 0 Å². The number of rotatable bonds is 2. The minimum Gasteiger partial charge on any atom is -0.504 e. The van der Waals surface area contributed by atoms with E-state index in [2.05, 4.69) is 0 Å². The summed E-state index contributed by atoms with van der Waals surface area (Å²) in [5, 5.41) is 9.50. The van der Waals surface area contributed by atoms with Crippen LogP contribution >= 0.6 is 0 Å². The van der Waals surface area contributed by atoms with E-state index >= 15 is 0 Å². The van der Waals surface area contributed by atoms with E-state index in [0.29, 0.717) is 11.8 Å². The molecule has 3 heteroatoms. The van der Waals surface area contributed by atoms with Crippen LogP contribution in [0.2, 0.25) is 0 Å². The van der Waals surface area contributed by atoms with Gasteiger partial charge in [-0.25, -0.2) is 0 Å². The van der Waals surface area contributed by atoms with Crippen LogP contribution in [0.3, 0.4) is 0 Å². The highest BCUT2D eigenvalue weighted by Gasteiger charge is 2.17. The van der Waals surface area contributed by atoms with Gasteiger partial charge in [0.1, 0.15) is 5.60 Å². The highest BCUT2D eigenvalue weighted by atomic mass is 16.5. The number of hydrogen-bond acceptors (Lipinski definition) is 3. The molecular weight excluding hydrogens is 180 g/mol. The van der Waals surface area contributed by atoms with E-state index in [-0.39, 0.29) is 11.5 Å². The molecule has 1 aromatic carbocycles. The molecule has 0 unspecified atom stereocenters. The van der Waals surface area contributed by atoms with Crippen molar-refractivity contribution in [3.63, 3.8) is 0 Å². The molecule has 3 nitrogen and oxygen atoms in total. The molecule has 0 aromatic heterocycles. The Balaban J connectivity index is 3.11. The smallest absolute Gasteiger partial charge is 0.172 e. The lowest BCUT2D eigenvalue weighted by Crippen LogP contribution is -2.23. The number of phenolic OH excluding ortho intramolecular Hbond substituents is 1. The molecular formula is C11H14O3. The third-order valence-corrected chi connectivity index (χ3v) is 1.56. The number of phenols is 1. The van der Waals surface area contributed by atoms with Gasteiger partial charge in [0.05, 0.1) is 5.56 Å². The molecule has 0 bridgehead atoms. The topological polar surface area (TPSA) is 46.5 Å². The number of ether oxygens (including phenoxy) is 1. The van der Waals surface area contributed by atoms with Crippen LogP contribution in [0, 0.1) is 0 Å². The minimum atomic E-state index is -0.434. The summed E-state index contributed by atoms with van der Waals surface area (Å²) in [4.78, 5) is 10.7. The normalized spacial score (nSPS) is 11.1. The summed E-state index contributed by atoms with van der Waals surface area (Å²) in [5.74, 6) is 0.236. The van der Waals surface area contributed by atoms with Gasteiger partial charge in [0, 0.05) is 0 Å².